The fourth-order valence-electron chi connectivity index (χ4n) is 2.88. The van der Waals surface area contributed by atoms with Crippen LogP contribution in [-0.2, 0) is 11.3 Å². The molecule has 1 atom stereocenters. The SMILES string of the molecule is Cc1occc1C(=O)N1CCCC(C(=O)NCc2ccco2)C1. The summed E-state index contributed by atoms with van der Waals surface area (Å²) in [5, 5.41) is 2.87. The summed E-state index contributed by atoms with van der Waals surface area (Å²) in [6.45, 7) is 3.25. The van der Waals surface area contributed by atoms with E-state index < -0.39 is 0 Å². The molecule has 0 bridgehead atoms. The minimum Gasteiger partial charge on any atom is -0.469 e. The molecule has 1 saturated heterocycles. The predicted octanol–water partition coefficient (Wildman–Crippen LogP) is 2.35. The number of likely N-dealkylation sites (tertiary alicyclic amines) is 1. The van der Waals surface area contributed by atoms with Crippen LogP contribution in [0.5, 0.6) is 0 Å². The van der Waals surface area contributed by atoms with Crippen molar-refractivity contribution >= 4 is 11.8 Å². The van der Waals surface area contributed by atoms with Crippen molar-refractivity contribution in [3.05, 3.63) is 47.8 Å². The molecule has 122 valence electrons. The van der Waals surface area contributed by atoms with Crippen LogP contribution in [0.1, 0.15) is 34.7 Å². The number of amides is 2. The average molecular weight is 316 g/mol. The summed E-state index contributed by atoms with van der Waals surface area (Å²) in [6.07, 6.45) is 4.70. The van der Waals surface area contributed by atoms with Crippen LogP contribution in [0.15, 0.2) is 39.6 Å². The highest BCUT2D eigenvalue weighted by molar-refractivity contribution is 5.95. The van der Waals surface area contributed by atoms with Crippen LogP contribution in [-0.4, -0.2) is 29.8 Å². The highest BCUT2D eigenvalue weighted by Gasteiger charge is 2.29. The highest BCUT2D eigenvalue weighted by Crippen LogP contribution is 2.20. The summed E-state index contributed by atoms with van der Waals surface area (Å²) in [5.41, 5.74) is 0.571. The summed E-state index contributed by atoms with van der Waals surface area (Å²) in [5.74, 6) is 1.04. The van der Waals surface area contributed by atoms with Crippen molar-refractivity contribution in [1.29, 1.82) is 0 Å². The number of rotatable bonds is 4. The number of hydrogen-bond donors (Lipinski definition) is 1. The van der Waals surface area contributed by atoms with Gasteiger partial charge in [-0.3, -0.25) is 9.59 Å². The zero-order valence-electron chi connectivity index (χ0n) is 13.1. The minimum absolute atomic E-state index is 0.0391. The number of piperidine rings is 1. The van der Waals surface area contributed by atoms with Gasteiger partial charge in [-0.15, -0.1) is 0 Å². The van der Waals surface area contributed by atoms with Crippen molar-refractivity contribution in [3.8, 4) is 0 Å². The molecule has 1 N–H and O–H groups in total. The Morgan fingerprint density at radius 3 is 2.87 bits per heavy atom. The van der Waals surface area contributed by atoms with Gasteiger partial charge in [0.25, 0.3) is 5.91 Å². The fourth-order valence-corrected chi connectivity index (χ4v) is 2.88. The highest BCUT2D eigenvalue weighted by atomic mass is 16.3. The van der Waals surface area contributed by atoms with Crippen molar-refractivity contribution in [2.75, 3.05) is 13.1 Å². The summed E-state index contributed by atoms with van der Waals surface area (Å²) in [6, 6.07) is 5.28. The van der Waals surface area contributed by atoms with Gasteiger partial charge in [-0.25, -0.2) is 0 Å². The van der Waals surface area contributed by atoms with Gasteiger partial charge in [-0.1, -0.05) is 0 Å². The lowest BCUT2D eigenvalue weighted by molar-refractivity contribution is -0.126. The van der Waals surface area contributed by atoms with Crippen LogP contribution in [0.4, 0.5) is 0 Å². The summed E-state index contributed by atoms with van der Waals surface area (Å²) in [4.78, 5) is 26.6. The number of furan rings is 2. The molecule has 0 saturated carbocycles. The first-order chi connectivity index (χ1) is 11.1. The van der Waals surface area contributed by atoms with Crippen molar-refractivity contribution in [2.45, 2.75) is 26.3 Å². The van der Waals surface area contributed by atoms with Crippen LogP contribution in [0.25, 0.3) is 0 Å². The monoisotopic (exact) mass is 316 g/mol. The van der Waals surface area contributed by atoms with E-state index in [1.807, 2.05) is 6.07 Å². The quantitative estimate of drug-likeness (QED) is 0.939. The largest absolute Gasteiger partial charge is 0.469 e. The molecule has 3 rings (SSSR count). The summed E-state index contributed by atoms with van der Waals surface area (Å²) in [7, 11) is 0. The smallest absolute Gasteiger partial charge is 0.257 e. The molecular weight excluding hydrogens is 296 g/mol. The second-order valence-electron chi connectivity index (χ2n) is 5.78. The molecule has 0 radical (unpaired) electrons. The van der Waals surface area contributed by atoms with Gasteiger partial charge in [0, 0.05) is 13.1 Å². The maximum atomic E-state index is 12.5. The second kappa shape index (κ2) is 6.73. The lowest BCUT2D eigenvalue weighted by atomic mass is 9.96. The maximum Gasteiger partial charge on any atom is 0.257 e. The molecule has 1 unspecified atom stereocenters. The molecule has 1 fully saturated rings. The third-order valence-electron chi connectivity index (χ3n) is 4.19. The molecule has 0 spiro atoms. The Balaban J connectivity index is 1.58. The molecule has 1 aliphatic rings. The number of aryl methyl sites for hydroxylation is 1. The van der Waals surface area contributed by atoms with E-state index in [9.17, 15) is 9.59 Å². The van der Waals surface area contributed by atoms with Crippen LogP contribution < -0.4 is 5.32 Å². The van der Waals surface area contributed by atoms with Gasteiger partial charge >= 0.3 is 0 Å². The average Bonchev–Trinajstić information content (AvgIpc) is 3.23. The van der Waals surface area contributed by atoms with E-state index >= 15 is 0 Å². The Morgan fingerprint density at radius 2 is 2.17 bits per heavy atom. The number of nitrogens with one attached hydrogen (secondary N) is 1. The normalized spacial score (nSPS) is 18.0. The number of nitrogens with zero attached hydrogens (tertiary/aromatic N) is 1. The number of carbonyl (C=O) groups excluding carboxylic acids is 2. The van der Waals surface area contributed by atoms with Gasteiger partial charge in [-0.05, 0) is 38.0 Å². The molecule has 1 aliphatic heterocycles. The van der Waals surface area contributed by atoms with Crippen molar-refractivity contribution in [2.24, 2.45) is 5.92 Å². The topological polar surface area (TPSA) is 75.7 Å². The first kappa shape index (κ1) is 15.4. The first-order valence-corrected chi connectivity index (χ1v) is 7.78. The van der Waals surface area contributed by atoms with E-state index in [1.165, 1.54) is 6.26 Å². The van der Waals surface area contributed by atoms with E-state index in [1.54, 1.807) is 30.2 Å². The molecule has 2 aromatic heterocycles. The zero-order valence-corrected chi connectivity index (χ0v) is 13.1. The number of hydrogen-bond acceptors (Lipinski definition) is 4. The lowest BCUT2D eigenvalue weighted by Crippen LogP contribution is -2.45. The van der Waals surface area contributed by atoms with Crippen LogP contribution in [0.3, 0.4) is 0 Å². The van der Waals surface area contributed by atoms with Crippen LogP contribution in [0, 0.1) is 12.8 Å². The van der Waals surface area contributed by atoms with Gasteiger partial charge in [0.05, 0.1) is 30.6 Å². The fraction of sp³-hybridized carbons (Fsp3) is 0.412. The minimum atomic E-state index is -0.185. The Morgan fingerprint density at radius 1 is 1.30 bits per heavy atom. The Kier molecular flexibility index (Phi) is 4.50. The van der Waals surface area contributed by atoms with E-state index in [4.69, 9.17) is 8.83 Å². The van der Waals surface area contributed by atoms with E-state index in [0.717, 1.165) is 18.6 Å². The van der Waals surface area contributed by atoms with Gasteiger partial charge < -0.3 is 19.1 Å². The van der Waals surface area contributed by atoms with E-state index in [0.29, 0.717) is 31.0 Å². The molecule has 6 heteroatoms. The number of carbonyl (C=O) groups is 2. The Labute approximate surface area is 134 Å². The van der Waals surface area contributed by atoms with Crippen molar-refractivity contribution < 1.29 is 18.4 Å². The molecule has 2 amide bonds. The second-order valence-corrected chi connectivity index (χ2v) is 5.78. The predicted molar refractivity (Wildman–Crippen MR) is 82.6 cm³/mol. The first-order valence-electron chi connectivity index (χ1n) is 7.78. The molecule has 6 nitrogen and oxygen atoms in total. The molecule has 3 heterocycles. The third kappa shape index (κ3) is 3.47. The van der Waals surface area contributed by atoms with Crippen molar-refractivity contribution in [3.63, 3.8) is 0 Å². The van der Waals surface area contributed by atoms with Gasteiger partial charge in [0.2, 0.25) is 5.91 Å². The standard InChI is InChI=1S/C17H20N2O4/c1-12-15(6-9-22-12)17(21)19-7-2-4-13(11-19)16(20)18-10-14-5-3-8-23-14/h3,5-6,8-9,13H,2,4,7,10-11H2,1H3,(H,18,20). The summed E-state index contributed by atoms with van der Waals surface area (Å²) < 4.78 is 10.4. The molecule has 23 heavy (non-hydrogen) atoms. The van der Waals surface area contributed by atoms with Crippen LogP contribution in [0.2, 0.25) is 0 Å². The summed E-state index contributed by atoms with van der Waals surface area (Å²) >= 11 is 0. The molecule has 0 aliphatic carbocycles. The maximum absolute atomic E-state index is 12.5. The zero-order chi connectivity index (χ0) is 16.2. The van der Waals surface area contributed by atoms with Crippen molar-refractivity contribution in [1.82, 2.24) is 10.2 Å². The van der Waals surface area contributed by atoms with Gasteiger partial charge in [0.15, 0.2) is 0 Å². The molecule has 2 aromatic rings. The molecule has 0 aromatic carbocycles. The Bertz CT molecular complexity index is 675. The lowest BCUT2D eigenvalue weighted by Gasteiger charge is -2.32. The van der Waals surface area contributed by atoms with E-state index in [-0.39, 0.29) is 17.7 Å². The van der Waals surface area contributed by atoms with Crippen LogP contribution >= 0.6 is 0 Å². The van der Waals surface area contributed by atoms with Gasteiger partial charge in [0.1, 0.15) is 11.5 Å². The third-order valence-corrected chi connectivity index (χ3v) is 4.19. The Hall–Kier alpha value is -2.50. The van der Waals surface area contributed by atoms with E-state index in [2.05, 4.69) is 5.32 Å². The molecular formula is C17H20N2O4. The van der Waals surface area contributed by atoms with Gasteiger partial charge in [-0.2, -0.15) is 0 Å².